The quantitative estimate of drug-likeness (QED) is 0.0400. The van der Waals surface area contributed by atoms with Gasteiger partial charge in [0.05, 0.1) is 6.20 Å². The van der Waals surface area contributed by atoms with Gasteiger partial charge in [-0.1, -0.05) is 126 Å². The molecule has 2 nitrogen and oxygen atoms in total. The number of benzene rings is 5. The lowest BCUT2D eigenvalue weighted by Crippen LogP contribution is -2.70. The molecule has 5 aromatic carbocycles. The van der Waals surface area contributed by atoms with Gasteiger partial charge in [0.15, 0.2) is 42.8 Å². The Morgan fingerprint density at radius 2 is 0.955 bits per heavy atom. The molecule has 1 aliphatic carbocycles. The van der Waals surface area contributed by atoms with Gasteiger partial charge in [-0.2, -0.15) is 5.12 Å². The van der Waals surface area contributed by atoms with Gasteiger partial charge in [0, 0.05) is 10.8 Å². The zero-order chi connectivity index (χ0) is 31.0. The van der Waals surface area contributed by atoms with Crippen LogP contribution in [0, 0.1) is 29.1 Å². The highest BCUT2D eigenvalue weighted by atomic mass is 28.3. The second-order valence-corrected chi connectivity index (χ2v) is 13.9. The van der Waals surface area contributed by atoms with E-state index in [1.807, 2.05) is 91.0 Å². The zero-order valence-electron chi connectivity index (χ0n) is 22.7. The first kappa shape index (κ1) is 28.9. The highest BCUT2D eigenvalue weighted by molar-refractivity contribution is 7.19. The van der Waals surface area contributed by atoms with Crippen molar-refractivity contribution in [2.75, 3.05) is 5.12 Å². The van der Waals surface area contributed by atoms with Crippen molar-refractivity contribution in [1.82, 2.24) is 0 Å². The van der Waals surface area contributed by atoms with Crippen LogP contribution in [0.5, 0.6) is 0 Å². The van der Waals surface area contributed by atoms with Crippen LogP contribution in [0.25, 0.3) is 11.6 Å². The lowest BCUT2D eigenvalue weighted by atomic mass is 9.92. The number of carbonyl (C=O) groups is 1. The van der Waals surface area contributed by atoms with E-state index in [-0.39, 0.29) is 11.1 Å². The molecule has 218 valence electrons. The summed E-state index contributed by atoms with van der Waals surface area (Å²) < 4.78 is 86.6. The molecule has 0 aromatic heterocycles. The predicted octanol–water partition coefficient (Wildman–Crippen LogP) is 6.79. The Labute approximate surface area is 249 Å². The molecule has 0 atom stereocenters. The Kier molecular flexibility index (Phi) is 7.56. The average Bonchev–Trinajstić information content (AvgIpc) is 3.06. The molecule has 0 amide bonds. The molecule has 9 heteroatoms. The van der Waals surface area contributed by atoms with E-state index in [0.717, 1.165) is 15.6 Å². The first-order valence-corrected chi connectivity index (χ1v) is 15.5. The van der Waals surface area contributed by atoms with E-state index in [9.17, 15) is 26.7 Å². The molecular weight excluding hydrogens is 592 g/mol. The minimum atomic E-state index is -3.46. The van der Waals surface area contributed by atoms with Crippen LogP contribution < -0.4 is 20.7 Å². The van der Waals surface area contributed by atoms with Crippen LogP contribution in [0.15, 0.2) is 127 Å². The predicted molar refractivity (Wildman–Crippen MR) is 161 cm³/mol. The van der Waals surface area contributed by atoms with Crippen molar-refractivity contribution in [2.45, 2.75) is 0 Å². The standard InChI is InChI=1S/C35H21F6NOSi/c36-29-30(37)32(39)34(33(40)31(29)38)42(41)21-27-26-19-11-10-12-22(26)20-28(35(27)43)44(23-13-4-1-5-14-23,24-15-6-2-7-16-24)25-17-8-3-9-18-25/h1-21H. The van der Waals surface area contributed by atoms with Crippen LogP contribution in [-0.2, 0) is 4.79 Å². The van der Waals surface area contributed by atoms with E-state index in [2.05, 4.69) is 0 Å². The van der Waals surface area contributed by atoms with Crippen molar-refractivity contribution in [3.63, 3.8) is 0 Å². The fourth-order valence-corrected chi connectivity index (χ4v) is 10.6. The molecule has 0 spiro atoms. The van der Waals surface area contributed by atoms with Crippen molar-refractivity contribution in [1.29, 1.82) is 0 Å². The molecule has 0 unspecified atom stereocenters. The number of hydrogen-bond acceptors (Lipinski definition) is 2. The maximum Gasteiger partial charge on any atom is 0.200 e. The third-order valence-corrected chi connectivity index (χ3v) is 12.5. The minimum absolute atomic E-state index is 0.227. The third kappa shape index (κ3) is 4.56. The van der Waals surface area contributed by atoms with Crippen LogP contribution >= 0.6 is 0 Å². The molecule has 0 saturated heterocycles. The minimum Gasteiger partial charge on any atom is -0.289 e. The Morgan fingerprint density at radius 1 is 0.545 bits per heavy atom. The summed E-state index contributed by atoms with van der Waals surface area (Å²) >= 11 is 0. The van der Waals surface area contributed by atoms with Gasteiger partial charge >= 0.3 is 0 Å². The number of hydrogen-bond donors (Lipinski definition) is 0. The lowest BCUT2D eigenvalue weighted by molar-refractivity contribution is -0.110. The molecule has 1 aliphatic rings. The molecule has 6 rings (SSSR count). The smallest absolute Gasteiger partial charge is 0.200 e. The molecule has 0 bridgehead atoms. The van der Waals surface area contributed by atoms with Gasteiger partial charge in [-0.15, -0.1) is 0 Å². The second-order valence-electron chi connectivity index (χ2n) is 10.1. The maximum atomic E-state index is 15.7. The van der Waals surface area contributed by atoms with Gasteiger partial charge in [-0.05, 0) is 26.7 Å². The number of halogens is 6. The Balaban J connectivity index is 1.65. The first-order valence-electron chi connectivity index (χ1n) is 13.5. The highest BCUT2D eigenvalue weighted by Gasteiger charge is 2.48. The SMILES string of the molecule is O=C1C(=CN(F)c2c(F)c(F)c(F)c(F)c2F)c2ccccc2C=C1[Si](c1ccccc1)(c1ccccc1)c1ccccc1. The monoisotopic (exact) mass is 613 g/mol. The number of carbonyl (C=O) groups excluding carboxylic acids is 1. The van der Waals surface area contributed by atoms with Gasteiger partial charge in [0.2, 0.25) is 5.82 Å². The summed E-state index contributed by atoms with van der Waals surface area (Å²) in [5.41, 5.74) is -1.40. The van der Waals surface area contributed by atoms with Crippen LogP contribution in [0.2, 0.25) is 0 Å². The average molecular weight is 614 g/mol. The summed E-state index contributed by atoms with van der Waals surface area (Å²) in [5.74, 6) is -12.4. The van der Waals surface area contributed by atoms with Crippen LogP contribution in [-0.4, -0.2) is 13.9 Å². The van der Waals surface area contributed by atoms with E-state index >= 15 is 4.48 Å². The van der Waals surface area contributed by atoms with E-state index in [1.165, 1.54) is 6.07 Å². The number of anilines is 1. The van der Waals surface area contributed by atoms with Crippen molar-refractivity contribution in [3.05, 3.63) is 167 Å². The number of ketones is 1. The van der Waals surface area contributed by atoms with Gasteiger partial charge in [0.25, 0.3) is 0 Å². The van der Waals surface area contributed by atoms with Crippen molar-refractivity contribution in [3.8, 4) is 0 Å². The summed E-state index contributed by atoms with van der Waals surface area (Å²) in [6.07, 6.45) is 2.22. The molecule has 0 saturated carbocycles. The van der Waals surface area contributed by atoms with Crippen molar-refractivity contribution < 1.29 is 31.2 Å². The Hall–Kier alpha value is -5.15. The van der Waals surface area contributed by atoms with Gasteiger partial charge < -0.3 is 0 Å². The molecule has 0 radical (unpaired) electrons. The van der Waals surface area contributed by atoms with Gasteiger partial charge in [-0.3, -0.25) is 4.79 Å². The molecule has 0 N–H and O–H groups in total. The summed E-state index contributed by atoms with van der Waals surface area (Å²) in [7, 11) is -3.46. The Morgan fingerprint density at radius 3 is 1.43 bits per heavy atom. The Bertz CT molecular complexity index is 1820. The van der Waals surface area contributed by atoms with Crippen molar-refractivity contribution >= 4 is 46.8 Å². The largest absolute Gasteiger partial charge is 0.289 e. The maximum absolute atomic E-state index is 15.7. The van der Waals surface area contributed by atoms with Crippen LogP contribution in [0.3, 0.4) is 0 Å². The molecule has 5 aromatic rings. The number of allylic oxidation sites excluding steroid dienone is 2. The summed E-state index contributed by atoms with van der Waals surface area (Å²) in [4.78, 5) is 14.7. The molecular formula is C35H21F6NOSi. The van der Waals surface area contributed by atoms with Crippen LogP contribution in [0.1, 0.15) is 11.1 Å². The number of fused-ring (bicyclic) bond motifs is 1. The van der Waals surface area contributed by atoms with E-state index in [1.54, 1.807) is 24.3 Å². The van der Waals surface area contributed by atoms with E-state index in [4.69, 9.17) is 0 Å². The molecule has 0 heterocycles. The fourth-order valence-electron chi connectivity index (χ4n) is 5.75. The molecule has 44 heavy (non-hydrogen) atoms. The lowest BCUT2D eigenvalue weighted by Gasteiger charge is -2.37. The normalized spacial score (nSPS) is 13.9. The molecule has 0 aliphatic heterocycles. The summed E-state index contributed by atoms with van der Waals surface area (Å²) in [6.45, 7) is 0. The number of Topliss-reactive ketones (excluding diaryl/α,β-unsaturated/α-hetero) is 1. The highest BCUT2D eigenvalue weighted by Crippen LogP contribution is 2.37. The van der Waals surface area contributed by atoms with Crippen LogP contribution in [0.4, 0.5) is 32.1 Å². The second kappa shape index (κ2) is 11.5. The third-order valence-electron chi connectivity index (χ3n) is 7.71. The molecule has 0 fully saturated rings. The summed E-state index contributed by atoms with van der Waals surface area (Å²) in [6, 6.07) is 34.7. The topological polar surface area (TPSA) is 20.3 Å². The fraction of sp³-hybridized carbons (Fsp3) is 0. The van der Waals surface area contributed by atoms with E-state index < -0.39 is 53.8 Å². The van der Waals surface area contributed by atoms with E-state index in [0.29, 0.717) is 17.0 Å². The van der Waals surface area contributed by atoms with Crippen molar-refractivity contribution in [2.24, 2.45) is 0 Å². The first-order chi connectivity index (χ1) is 21.3. The van der Waals surface area contributed by atoms with Gasteiger partial charge in [-0.25, -0.2) is 22.0 Å². The zero-order valence-corrected chi connectivity index (χ0v) is 23.7. The number of rotatable bonds is 6. The summed E-state index contributed by atoms with van der Waals surface area (Å²) in [5, 5.41) is 2.12. The van der Waals surface area contributed by atoms with Gasteiger partial charge in [0.1, 0.15) is 0 Å². The number of nitrogens with zero attached hydrogens (tertiary/aromatic N) is 1.